The lowest BCUT2D eigenvalue weighted by Crippen LogP contribution is -2.39. The van der Waals surface area contributed by atoms with E-state index < -0.39 is 0 Å². The van der Waals surface area contributed by atoms with E-state index >= 15 is 0 Å². The van der Waals surface area contributed by atoms with Crippen LogP contribution in [0.2, 0.25) is 0 Å². The predicted molar refractivity (Wildman–Crippen MR) is 75.8 cm³/mol. The Hall–Kier alpha value is -1.40. The van der Waals surface area contributed by atoms with Crippen LogP contribution in [-0.4, -0.2) is 54.1 Å². The molecule has 1 aromatic rings. The van der Waals surface area contributed by atoms with Gasteiger partial charge in [-0.2, -0.15) is 0 Å². The SMILES string of the molecule is CN(C)CCNc1cc(NC(C)(C)CN)ncn1. The monoisotopic (exact) mass is 252 g/mol. The summed E-state index contributed by atoms with van der Waals surface area (Å²) in [5.41, 5.74) is 5.51. The highest BCUT2D eigenvalue weighted by molar-refractivity contribution is 5.47. The van der Waals surface area contributed by atoms with E-state index in [0.29, 0.717) is 6.54 Å². The van der Waals surface area contributed by atoms with E-state index in [1.165, 1.54) is 0 Å². The van der Waals surface area contributed by atoms with Crippen LogP contribution < -0.4 is 16.4 Å². The third kappa shape index (κ3) is 5.29. The molecule has 1 rings (SSSR count). The first kappa shape index (κ1) is 14.7. The summed E-state index contributed by atoms with van der Waals surface area (Å²) >= 11 is 0. The van der Waals surface area contributed by atoms with Crippen LogP contribution in [0.1, 0.15) is 13.8 Å². The summed E-state index contributed by atoms with van der Waals surface area (Å²) in [5.74, 6) is 1.61. The van der Waals surface area contributed by atoms with E-state index in [4.69, 9.17) is 5.73 Å². The Morgan fingerprint density at radius 1 is 1.28 bits per heavy atom. The molecule has 1 aromatic heterocycles. The second-order valence-corrected chi connectivity index (χ2v) is 5.23. The molecule has 0 atom stereocenters. The van der Waals surface area contributed by atoms with Gasteiger partial charge in [0.2, 0.25) is 0 Å². The summed E-state index contributed by atoms with van der Waals surface area (Å²) in [6.07, 6.45) is 1.55. The summed E-state index contributed by atoms with van der Waals surface area (Å²) in [6.45, 7) is 6.42. The van der Waals surface area contributed by atoms with Crippen LogP contribution in [0.15, 0.2) is 12.4 Å². The molecule has 0 aromatic carbocycles. The highest BCUT2D eigenvalue weighted by atomic mass is 15.1. The fraction of sp³-hybridized carbons (Fsp3) is 0.667. The lowest BCUT2D eigenvalue weighted by molar-refractivity contribution is 0.425. The maximum Gasteiger partial charge on any atom is 0.131 e. The molecule has 0 saturated heterocycles. The maximum atomic E-state index is 5.68. The first-order chi connectivity index (χ1) is 8.43. The Kier molecular flexibility index (Phi) is 5.30. The van der Waals surface area contributed by atoms with Gasteiger partial charge in [-0.3, -0.25) is 0 Å². The van der Waals surface area contributed by atoms with E-state index in [-0.39, 0.29) is 5.54 Å². The number of aromatic nitrogens is 2. The Labute approximate surface area is 109 Å². The smallest absolute Gasteiger partial charge is 0.131 e. The third-order valence-electron chi connectivity index (χ3n) is 2.51. The third-order valence-corrected chi connectivity index (χ3v) is 2.51. The van der Waals surface area contributed by atoms with Crippen molar-refractivity contribution in [3.8, 4) is 0 Å². The Balaban J connectivity index is 2.57. The first-order valence-electron chi connectivity index (χ1n) is 6.12. The van der Waals surface area contributed by atoms with Crippen molar-refractivity contribution in [1.82, 2.24) is 14.9 Å². The number of hydrogen-bond donors (Lipinski definition) is 3. The van der Waals surface area contributed by atoms with Crippen molar-refractivity contribution < 1.29 is 0 Å². The Bertz CT molecular complexity index is 363. The van der Waals surface area contributed by atoms with Crippen LogP contribution in [0.5, 0.6) is 0 Å². The van der Waals surface area contributed by atoms with Gasteiger partial charge < -0.3 is 21.3 Å². The molecule has 0 aliphatic rings. The highest BCUT2D eigenvalue weighted by Gasteiger charge is 2.15. The fourth-order valence-electron chi connectivity index (χ4n) is 1.33. The van der Waals surface area contributed by atoms with Crippen LogP contribution >= 0.6 is 0 Å². The number of nitrogens with zero attached hydrogens (tertiary/aromatic N) is 3. The van der Waals surface area contributed by atoms with Crippen molar-refractivity contribution in [3.05, 3.63) is 12.4 Å². The number of nitrogens with one attached hydrogen (secondary N) is 2. The van der Waals surface area contributed by atoms with Crippen molar-refractivity contribution >= 4 is 11.6 Å². The zero-order valence-corrected chi connectivity index (χ0v) is 11.7. The maximum absolute atomic E-state index is 5.68. The normalized spacial score (nSPS) is 11.7. The quantitative estimate of drug-likeness (QED) is 0.659. The lowest BCUT2D eigenvalue weighted by atomic mass is 10.1. The number of nitrogens with two attached hydrogens (primary N) is 1. The molecule has 0 amide bonds. The highest BCUT2D eigenvalue weighted by Crippen LogP contribution is 2.13. The van der Waals surface area contributed by atoms with Gasteiger partial charge in [0.1, 0.15) is 18.0 Å². The molecular formula is C12H24N6. The van der Waals surface area contributed by atoms with E-state index in [1.807, 2.05) is 34.0 Å². The van der Waals surface area contributed by atoms with Crippen LogP contribution in [-0.2, 0) is 0 Å². The van der Waals surface area contributed by atoms with Crippen LogP contribution in [0.25, 0.3) is 0 Å². The van der Waals surface area contributed by atoms with Gasteiger partial charge in [-0.15, -0.1) is 0 Å². The topological polar surface area (TPSA) is 79.1 Å². The largest absolute Gasteiger partial charge is 0.369 e. The van der Waals surface area contributed by atoms with Gasteiger partial charge in [-0.25, -0.2) is 9.97 Å². The number of rotatable bonds is 7. The van der Waals surface area contributed by atoms with E-state index in [9.17, 15) is 0 Å². The Morgan fingerprint density at radius 2 is 1.94 bits per heavy atom. The average molecular weight is 252 g/mol. The molecule has 0 spiro atoms. The lowest BCUT2D eigenvalue weighted by Gasteiger charge is -2.24. The number of anilines is 2. The van der Waals surface area contributed by atoms with Crippen LogP contribution in [0.3, 0.4) is 0 Å². The Morgan fingerprint density at radius 3 is 2.56 bits per heavy atom. The van der Waals surface area contributed by atoms with Crippen molar-refractivity contribution in [2.24, 2.45) is 5.73 Å². The molecule has 6 nitrogen and oxygen atoms in total. The minimum atomic E-state index is -0.171. The molecular weight excluding hydrogens is 228 g/mol. The molecule has 0 saturated carbocycles. The standard InChI is InChI=1S/C12H24N6/c1-12(2,8-13)17-11-7-10(15-9-16-11)14-5-6-18(3)4/h7,9H,5-6,8,13H2,1-4H3,(H2,14,15,16,17). The molecule has 4 N–H and O–H groups in total. The van der Waals surface area contributed by atoms with E-state index in [0.717, 1.165) is 24.7 Å². The molecule has 6 heteroatoms. The molecule has 0 fully saturated rings. The van der Waals surface area contributed by atoms with Gasteiger partial charge in [0.25, 0.3) is 0 Å². The van der Waals surface area contributed by atoms with Crippen LogP contribution in [0, 0.1) is 0 Å². The van der Waals surface area contributed by atoms with Gasteiger partial charge >= 0.3 is 0 Å². The molecule has 0 unspecified atom stereocenters. The minimum Gasteiger partial charge on any atom is -0.369 e. The van der Waals surface area contributed by atoms with Crippen molar-refractivity contribution in [3.63, 3.8) is 0 Å². The molecule has 102 valence electrons. The van der Waals surface area contributed by atoms with Crippen molar-refractivity contribution in [2.45, 2.75) is 19.4 Å². The van der Waals surface area contributed by atoms with Gasteiger partial charge in [0.05, 0.1) is 0 Å². The molecule has 0 bridgehead atoms. The van der Waals surface area contributed by atoms with Gasteiger partial charge in [-0.05, 0) is 27.9 Å². The molecule has 18 heavy (non-hydrogen) atoms. The van der Waals surface area contributed by atoms with Gasteiger partial charge in [0, 0.05) is 31.2 Å². The summed E-state index contributed by atoms with van der Waals surface area (Å²) in [6, 6.07) is 1.90. The number of likely N-dealkylation sites (N-methyl/N-ethyl adjacent to an activating group) is 1. The summed E-state index contributed by atoms with van der Waals surface area (Å²) in [7, 11) is 4.08. The van der Waals surface area contributed by atoms with Gasteiger partial charge in [0.15, 0.2) is 0 Å². The molecule has 1 heterocycles. The van der Waals surface area contributed by atoms with E-state index in [2.05, 4.69) is 25.5 Å². The second kappa shape index (κ2) is 6.51. The van der Waals surface area contributed by atoms with Crippen molar-refractivity contribution in [2.75, 3.05) is 44.4 Å². The first-order valence-corrected chi connectivity index (χ1v) is 6.12. The van der Waals surface area contributed by atoms with Gasteiger partial charge in [-0.1, -0.05) is 0 Å². The van der Waals surface area contributed by atoms with E-state index in [1.54, 1.807) is 6.33 Å². The molecule has 0 aliphatic carbocycles. The zero-order chi connectivity index (χ0) is 13.6. The molecule has 0 radical (unpaired) electrons. The fourth-order valence-corrected chi connectivity index (χ4v) is 1.33. The van der Waals surface area contributed by atoms with Crippen LogP contribution in [0.4, 0.5) is 11.6 Å². The summed E-state index contributed by atoms with van der Waals surface area (Å²) in [5, 5.41) is 6.54. The minimum absolute atomic E-state index is 0.171. The average Bonchev–Trinajstić information content (AvgIpc) is 2.28. The summed E-state index contributed by atoms with van der Waals surface area (Å²) < 4.78 is 0. The number of hydrogen-bond acceptors (Lipinski definition) is 6. The predicted octanol–water partition coefficient (Wildman–Crippen LogP) is 0.599. The van der Waals surface area contributed by atoms with Crippen molar-refractivity contribution in [1.29, 1.82) is 0 Å². The summed E-state index contributed by atoms with van der Waals surface area (Å²) in [4.78, 5) is 10.5. The molecule has 0 aliphatic heterocycles. The second-order valence-electron chi connectivity index (χ2n) is 5.23. The zero-order valence-electron chi connectivity index (χ0n) is 11.7.